The zero-order valence-corrected chi connectivity index (χ0v) is 23.5. The van der Waals surface area contributed by atoms with Crippen molar-refractivity contribution in [1.29, 1.82) is 0 Å². The molecule has 0 aromatic heterocycles. The highest BCUT2D eigenvalue weighted by atomic mass is 79.9. The van der Waals surface area contributed by atoms with Gasteiger partial charge in [0.2, 0.25) is 0 Å². The summed E-state index contributed by atoms with van der Waals surface area (Å²) in [6.45, 7) is 12.1. The average molecular weight is 599 g/mol. The van der Waals surface area contributed by atoms with Crippen LogP contribution >= 0.6 is 55.1 Å². The summed E-state index contributed by atoms with van der Waals surface area (Å²) in [7, 11) is -1.63. The Kier molecular flexibility index (Phi) is 11.1. The molecule has 0 saturated heterocycles. The Hall–Kier alpha value is -0.373. The third kappa shape index (κ3) is 9.41. The molecule has 3 nitrogen and oxygen atoms in total. The number of benzene rings is 2. The number of hydrogen-bond acceptors (Lipinski definition) is 2. The Balaban J connectivity index is 0.000000325. The van der Waals surface area contributed by atoms with Crippen LogP contribution in [0.3, 0.4) is 0 Å². The molecular weight excluding hydrogens is 571 g/mol. The second kappa shape index (κ2) is 12.0. The van der Waals surface area contributed by atoms with Crippen LogP contribution in [0.5, 0.6) is 0 Å². The standard InChI is InChI=1S/C14H22BrClOSi.C8H6BrClO2/c1-14(2,3)18(4,5)17-9-8-11-6-7-12(16)10-13(11)15;9-7-4-6(10)2-1-5(7)3-8(11)12/h6-7,10H,8-9H2,1-5H3;1-2,4H,3H2,(H,11,12). The lowest BCUT2D eigenvalue weighted by atomic mass is 10.2. The van der Waals surface area contributed by atoms with E-state index >= 15 is 0 Å². The second-order valence-electron chi connectivity index (χ2n) is 8.40. The van der Waals surface area contributed by atoms with Crippen LogP contribution in [0, 0.1) is 0 Å². The first-order valence-electron chi connectivity index (χ1n) is 9.46. The molecule has 0 radical (unpaired) electrons. The van der Waals surface area contributed by atoms with Gasteiger partial charge in [-0.3, -0.25) is 4.79 Å². The van der Waals surface area contributed by atoms with Crippen molar-refractivity contribution in [3.63, 3.8) is 0 Å². The van der Waals surface area contributed by atoms with Crippen molar-refractivity contribution in [2.24, 2.45) is 0 Å². The van der Waals surface area contributed by atoms with Gasteiger partial charge < -0.3 is 9.53 Å². The minimum atomic E-state index is -1.63. The van der Waals surface area contributed by atoms with Gasteiger partial charge in [0.15, 0.2) is 8.32 Å². The topological polar surface area (TPSA) is 46.5 Å². The first-order chi connectivity index (χ1) is 13.7. The second-order valence-corrected chi connectivity index (χ2v) is 15.8. The maximum Gasteiger partial charge on any atom is 0.307 e. The van der Waals surface area contributed by atoms with Crippen molar-refractivity contribution in [3.8, 4) is 0 Å². The summed E-state index contributed by atoms with van der Waals surface area (Å²) in [5, 5.41) is 10.1. The van der Waals surface area contributed by atoms with Gasteiger partial charge in [0.05, 0.1) is 6.42 Å². The summed E-state index contributed by atoms with van der Waals surface area (Å²) in [5.74, 6) is -0.849. The zero-order valence-electron chi connectivity index (χ0n) is 17.9. The summed E-state index contributed by atoms with van der Waals surface area (Å²) >= 11 is 18.4. The molecule has 30 heavy (non-hydrogen) atoms. The largest absolute Gasteiger partial charge is 0.481 e. The number of carboxylic acid groups (broad SMARTS) is 1. The molecule has 0 aliphatic carbocycles. The average Bonchev–Trinajstić information content (AvgIpc) is 2.58. The van der Waals surface area contributed by atoms with Gasteiger partial charge in [-0.2, -0.15) is 0 Å². The molecule has 1 N–H and O–H groups in total. The SMILES string of the molecule is CC(C)(C)[Si](C)(C)OCCc1ccc(Cl)cc1Br.O=C(O)Cc1ccc(Cl)cc1Br. The molecule has 2 aromatic carbocycles. The Morgan fingerprint density at radius 1 is 1.00 bits per heavy atom. The van der Waals surface area contributed by atoms with E-state index in [1.165, 1.54) is 5.56 Å². The summed E-state index contributed by atoms with van der Waals surface area (Å²) in [4.78, 5) is 10.4. The van der Waals surface area contributed by atoms with Crippen molar-refractivity contribution in [3.05, 3.63) is 66.5 Å². The van der Waals surface area contributed by atoms with Gasteiger partial charge in [0.1, 0.15) is 0 Å². The number of hydrogen-bond donors (Lipinski definition) is 1. The van der Waals surface area contributed by atoms with E-state index in [0.29, 0.717) is 5.02 Å². The molecule has 0 unspecified atom stereocenters. The van der Waals surface area contributed by atoms with Gasteiger partial charge in [-0.15, -0.1) is 0 Å². The molecule has 0 spiro atoms. The fraction of sp³-hybridized carbons (Fsp3) is 0.409. The fourth-order valence-electron chi connectivity index (χ4n) is 2.19. The molecule has 0 fully saturated rings. The van der Waals surface area contributed by atoms with Crippen molar-refractivity contribution >= 4 is 69.3 Å². The maximum absolute atomic E-state index is 10.4. The highest BCUT2D eigenvalue weighted by molar-refractivity contribution is 9.10. The molecule has 0 heterocycles. The maximum atomic E-state index is 10.4. The van der Waals surface area contributed by atoms with Crippen molar-refractivity contribution in [2.75, 3.05) is 6.61 Å². The molecule has 8 heteroatoms. The normalized spacial score (nSPS) is 11.6. The first kappa shape index (κ1) is 27.7. The molecule has 0 saturated carbocycles. The zero-order chi connectivity index (χ0) is 23.1. The molecule has 0 bridgehead atoms. The van der Waals surface area contributed by atoms with Crippen LogP contribution in [0.15, 0.2) is 45.3 Å². The van der Waals surface area contributed by atoms with Crippen LogP contribution in [0.2, 0.25) is 28.2 Å². The summed E-state index contributed by atoms with van der Waals surface area (Å²) < 4.78 is 7.97. The Morgan fingerprint density at radius 3 is 1.87 bits per heavy atom. The van der Waals surface area contributed by atoms with Gasteiger partial charge in [0, 0.05) is 25.6 Å². The number of aliphatic carboxylic acids is 1. The summed E-state index contributed by atoms with van der Waals surface area (Å²) in [6.07, 6.45) is 0.933. The van der Waals surface area contributed by atoms with Gasteiger partial charge in [-0.05, 0) is 59.9 Å². The van der Waals surface area contributed by atoms with Crippen LogP contribution in [-0.4, -0.2) is 26.0 Å². The minimum Gasteiger partial charge on any atom is -0.481 e. The lowest BCUT2D eigenvalue weighted by molar-refractivity contribution is -0.136. The van der Waals surface area contributed by atoms with Crippen molar-refractivity contribution < 1.29 is 14.3 Å². The van der Waals surface area contributed by atoms with Gasteiger partial charge in [-0.1, -0.05) is 88.0 Å². The molecular formula is C22H28Br2Cl2O3Si. The smallest absolute Gasteiger partial charge is 0.307 e. The van der Waals surface area contributed by atoms with Crippen LogP contribution in [0.1, 0.15) is 31.9 Å². The van der Waals surface area contributed by atoms with E-state index in [1.807, 2.05) is 12.1 Å². The summed E-state index contributed by atoms with van der Waals surface area (Å²) in [5.41, 5.74) is 1.98. The monoisotopic (exact) mass is 596 g/mol. The number of rotatable bonds is 6. The van der Waals surface area contributed by atoms with Gasteiger partial charge >= 0.3 is 5.97 Å². The van der Waals surface area contributed by atoms with E-state index < -0.39 is 14.3 Å². The molecule has 0 atom stereocenters. The molecule has 2 rings (SSSR count). The third-order valence-electron chi connectivity index (χ3n) is 5.01. The Morgan fingerprint density at radius 2 is 1.47 bits per heavy atom. The number of carboxylic acids is 1. The van der Waals surface area contributed by atoms with E-state index in [4.69, 9.17) is 32.7 Å². The number of halogens is 4. The van der Waals surface area contributed by atoms with E-state index in [-0.39, 0.29) is 11.5 Å². The molecule has 2 aromatic rings. The highest BCUT2D eigenvalue weighted by Gasteiger charge is 2.36. The van der Waals surface area contributed by atoms with E-state index in [2.05, 4.69) is 71.8 Å². The van der Waals surface area contributed by atoms with Crippen LogP contribution in [0.4, 0.5) is 0 Å². The Labute approximate surface area is 207 Å². The highest BCUT2D eigenvalue weighted by Crippen LogP contribution is 2.36. The molecule has 0 aliphatic heterocycles. The van der Waals surface area contributed by atoms with Gasteiger partial charge in [0.25, 0.3) is 0 Å². The third-order valence-corrected chi connectivity index (χ3v) is 11.5. The first-order valence-corrected chi connectivity index (χ1v) is 14.7. The van der Waals surface area contributed by atoms with Crippen LogP contribution < -0.4 is 0 Å². The van der Waals surface area contributed by atoms with Crippen LogP contribution in [0.25, 0.3) is 0 Å². The van der Waals surface area contributed by atoms with E-state index in [9.17, 15) is 4.79 Å². The quantitative estimate of drug-likeness (QED) is 0.340. The predicted molar refractivity (Wildman–Crippen MR) is 136 cm³/mol. The Bertz CT molecular complexity index is 868. The van der Waals surface area contributed by atoms with E-state index in [1.54, 1.807) is 18.2 Å². The fourth-order valence-corrected chi connectivity index (χ4v) is 4.93. The molecule has 0 amide bonds. The van der Waals surface area contributed by atoms with Gasteiger partial charge in [-0.25, -0.2) is 0 Å². The van der Waals surface area contributed by atoms with Crippen molar-refractivity contribution in [1.82, 2.24) is 0 Å². The van der Waals surface area contributed by atoms with E-state index in [0.717, 1.165) is 32.6 Å². The minimum absolute atomic E-state index is 0.0117. The predicted octanol–water partition coefficient (Wildman–Crippen LogP) is 8.40. The summed E-state index contributed by atoms with van der Waals surface area (Å²) in [6, 6.07) is 11.0. The van der Waals surface area contributed by atoms with Crippen molar-refractivity contribution in [2.45, 2.75) is 51.7 Å². The lowest BCUT2D eigenvalue weighted by Crippen LogP contribution is -2.41. The van der Waals surface area contributed by atoms with Crippen LogP contribution in [-0.2, 0) is 22.1 Å². The molecule has 0 aliphatic rings. The molecule has 166 valence electrons. The number of carbonyl (C=O) groups is 1. The lowest BCUT2D eigenvalue weighted by Gasteiger charge is -2.36.